The first kappa shape index (κ1) is 16.2. The van der Waals surface area contributed by atoms with E-state index in [0.29, 0.717) is 4.90 Å². The highest BCUT2D eigenvalue weighted by atomic mass is 32.2. The molecule has 0 fully saturated rings. The van der Waals surface area contributed by atoms with Crippen molar-refractivity contribution in [2.75, 3.05) is 5.75 Å². The van der Waals surface area contributed by atoms with E-state index in [1.54, 1.807) is 12.1 Å². The Labute approximate surface area is 118 Å². The van der Waals surface area contributed by atoms with Gasteiger partial charge in [-0.25, -0.2) is 8.42 Å². The van der Waals surface area contributed by atoms with Crippen molar-refractivity contribution >= 4 is 17.9 Å². The third-order valence-corrected chi connectivity index (χ3v) is 7.35. The van der Waals surface area contributed by atoms with E-state index in [1.807, 2.05) is 25.1 Å². The molecule has 0 atom stereocenters. The molecule has 0 saturated carbocycles. The van der Waals surface area contributed by atoms with Crippen molar-refractivity contribution in [2.24, 2.45) is 0 Å². The normalized spacial score (nSPS) is 13.6. The van der Waals surface area contributed by atoms with E-state index < -0.39 is 17.9 Å². The van der Waals surface area contributed by atoms with Crippen molar-refractivity contribution in [3.8, 4) is 0 Å². The zero-order valence-corrected chi connectivity index (χ0v) is 14.3. The van der Waals surface area contributed by atoms with Crippen molar-refractivity contribution in [1.82, 2.24) is 0 Å². The molecule has 1 aromatic carbocycles. The molecule has 106 valence electrons. The number of hydrogen-bond acceptors (Lipinski definition) is 2. The molecule has 0 N–H and O–H groups in total. The first-order valence-electron chi connectivity index (χ1n) is 6.66. The monoisotopic (exact) mass is 296 g/mol. The van der Waals surface area contributed by atoms with Crippen LogP contribution in [0.2, 0.25) is 19.6 Å². The van der Waals surface area contributed by atoms with E-state index in [-0.39, 0.29) is 5.75 Å². The number of rotatable bonds is 5. The molecule has 4 heteroatoms. The SMILES string of the molecule is CCC(=CCS(=O)(=O)c1ccc(C)cc1)[Si](C)(C)C. The van der Waals surface area contributed by atoms with Crippen LogP contribution in [0, 0.1) is 6.92 Å². The quantitative estimate of drug-likeness (QED) is 0.770. The van der Waals surface area contributed by atoms with Gasteiger partial charge < -0.3 is 0 Å². The van der Waals surface area contributed by atoms with Crippen LogP contribution in [0.3, 0.4) is 0 Å². The van der Waals surface area contributed by atoms with Crippen LogP contribution in [0.1, 0.15) is 18.9 Å². The average molecular weight is 297 g/mol. The second kappa shape index (κ2) is 6.05. The van der Waals surface area contributed by atoms with Crippen LogP contribution >= 0.6 is 0 Å². The summed E-state index contributed by atoms with van der Waals surface area (Å²) in [5.41, 5.74) is 1.07. The highest BCUT2D eigenvalue weighted by Crippen LogP contribution is 2.19. The Morgan fingerprint density at radius 2 is 1.68 bits per heavy atom. The van der Waals surface area contributed by atoms with Crippen LogP contribution in [0.4, 0.5) is 0 Å². The number of hydrogen-bond donors (Lipinski definition) is 0. The third kappa shape index (κ3) is 4.62. The molecule has 0 heterocycles. The predicted octanol–water partition coefficient (Wildman–Crippen LogP) is 3.98. The Morgan fingerprint density at radius 1 is 1.16 bits per heavy atom. The van der Waals surface area contributed by atoms with Gasteiger partial charge in [0.15, 0.2) is 9.84 Å². The van der Waals surface area contributed by atoms with Gasteiger partial charge >= 0.3 is 0 Å². The van der Waals surface area contributed by atoms with Gasteiger partial charge in [-0.3, -0.25) is 0 Å². The van der Waals surface area contributed by atoms with Gasteiger partial charge in [0.05, 0.1) is 18.7 Å². The molecule has 1 rings (SSSR count). The fraction of sp³-hybridized carbons (Fsp3) is 0.467. The largest absolute Gasteiger partial charge is 0.223 e. The minimum atomic E-state index is -3.20. The lowest BCUT2D eigenvalue weighted by Gasteiger charge is -2.19. The van der Waals surface area contributed by atoms with Crippen LogP contribution in [0.25, 0.3) is 0 Å². The number of aryl methyl sites for hydroxylation is 1. The van der Waals surface area contributed by atoms with Crippen LogP contribution in [0.5, 0.6) is 0 Å². The Hall–Kier alpha value is -0.873. The first-order valence-corrected chi connectivity index (χ1v) is 11.8. The number of sulfone groups is 1. The topological polar surface area (TPSA) is 34.1 Å². The lowest BCUT2D eigenvalue weighted by molar-refractivity contribution is 0.599. The molecular weight excluding hydrogens is 272 g/mol. The Bertz CT molecular complexity index is 549. The summed E-state index contributed by atoms with van der Waals surface area (Å²) < 4.78 is 24.5. The van der Waals surface area contributed by atoms with Gasteiger partial charge in [0.2, 0.25) is 0 Å². The minimum absolute atomic E-state index is 0.115. The molecule has 0 aliphatic heterocycles. The summed E-state index contributed by atoms with van der Waals surface area (Å²) in [5, 5.41) is 1.32. The van der Waals surface area contributed by atoms with Gasteiger partial charge in [0.25, 0.3) is 0 Å². The molecule has 0 radical (unpaired) electrons. The average Bonchev–Trinajstić information content (AvgIpc) is 2.28. The van der Waals surface area contributed by atoms with Crippen molar-refractivity contribution in [3.05, 3.63) is 41.1 Å². The summed E-state index contributed by atoms with van der Waals surface area (Å²) in [6, 6.07) is 7.07. The van der Waals surface area contributed by atoms with Crippen molar-refractivity contribution in [3.63, 3.8) is 0 Å². The van der Waals surface area contributed by atoms with Crippen molar-refractivity contribution in [1.29, 1.82) is 0 Å². The molecular formula is C15H24O2SSi. The van der Waals surface area contributed by atoms with E-state index in [9.17, 15) is 8.42 Å². The van der Waals surface area contributed by atoms with Gasteiger partial charge in [-0.2, -0.15) is 0 Å². The smallest absolute Gasteiger partial charge is 0.181 e. The summed E-state index contributed by atoms with van der Waals surface area (Å²) in [7, 11) is -4.60. The minimum Gasteiger partial charge on any atom is -0.223 e. The van der Waals surface area contributed by atoms with Gasteiger partial charge in [-0.05, 0) is 25.5 Å². The van der Waals surface area contributed by atoms with Gasteiger partial charge in [-0.1, -0.05) is 55.5 Å². The number of allylic oxidation sites excluding steroid dienone is 1. The summed E-state index contributed by atoms with van der Waals surface area (Å²) in [4.78, 5) is 0.417. The summed E-state index contributed by atoms with van der Waals surface area (Å²) in [6.07, 6.45) is 2.88. The molecule has 0 unspecified atom stereocenters. The summed E-state index contributed by atoms with van der Waals surface area (Å²) in [6.45, 7) is 10.8. The lowest BCUT2D eigenvalue weighted by atomic mass is 10.2. The highest BCUT2D eigenvalue weighted by Gasteiger charge is 2.19. The maximum atomic E-state index is 12.3. The second-order valence-corrected chi connectivity index (χ2v) is 13.1. The summed E-state index contributed by atoms with van der Waals surface area (Å²) >= 11 is 0. The molecule has 19 heavy (non-hydrogen) atoms. The molecule has 0 bridgehead atoms. The number of benzene rings is 1. The van der Waals surface area contributed by atoms with Crippen LogP contribution in [-0.2, 0) is 9.84 Å². The van der Waals surface area contributed by atoms with Crippen LogP contribution < -0.4 is 0 Å². The standard InChI is InChI=1S/C15H24O2SSi/c1-6-15(19(3,4)5)11-12-18(16,17)14-9-7-13(2)8-10-14/h7-11H,6,12H2,1-5H3. The van der Waals surface area contributed by atoms with Crippen molar-refractivity contribution < 1.29 is 8.42 Å². The van der Waals surface area contributed by atoms with Gasteiger partial charge in [-0.15, -0.1) is 0 Å². The van der Waals surface area contributed by atoms with Crippen molar-refractivity contribution in [2.45, 2.75) is 44.8 Å². The Balaban J connectivity index is 2.98. The third-order valence-electron chi connectivity index (χ3n) is 3.27. The Kier molecular flexibility index (Phi) is 5.16. The van der Waals surface area contributed by atoms with Gasteiger partial charge in [0, 0.05) is 0 Å². The van der Waals surface area contributed by atoms with E-state index in [4.69, 9.17) is 0 Å². The Morgan fingerprint density at radius 3 is 2.11 bits per heavy atom. The molecule has 0 aliphatic carbocycles. The maximum absolute atomic E-state index is 12.3. The molecule has 0 amide bonds. The van der Waals surface area contributed by atoms with E-state index >= 15 is 0 Å². The molecule has 1 aromatic rings. The zero-order valence-electron chi connectivity index (χ0n) is 12.5. The molecule has 2 nitrogen and oxygen atoms in total. The summed E-state index contributed by atoms with van der Waals surface area (Å²) in [5.74, 6) is 0.115. The molecule has 0 aromatic heterocycles. The van der Waals surface area contributed by atoms with Gasteiger partial charge in [0.1, 0.15) is 0 Å². The molecule has 0 spiro atoms. The van der Waals surface area contributed by atoms with E-state index in [1.165, 1.54) is 5.20 Å². The molecule has 0 aliphatic rings. The van der Waals surface area contributed by atoms with E-state index in [2.05, 4.69) is 26.6 Å². The predicted molar refractivity (Wildman–Crippen MR) is 85.0 cm³/mol. The van der Waals surface area contributed by atoms with E-state index in [0.717, 1.165) is 12.0 Å². The second-order valence-electron chi connectivity index (χ2n) is 5.93. The highest BCUT2D eigenvalue weighted by molar-refractivity contribution is 7.91. The van der Waals surface area contributed by atoms with Crippen LogP contribution in [0.15, 0.2) is 40.4 Å². The zero-order chi connectivity index (χ0) is 14.7. The lowest BCUT2D eigenvalue weighted by Crippen LogP contribution is -2.24. The van der Waals surface area contributed by atoms with Crippen LogP contribution in [-0.4, -0.2) is 22.2 Å². The fourth-order valence-corrected chi connectivity index (χ4v) is 5.12. The first-order chi connectivity index (χ1) is 8.66. The maximum Gasteiger partial charge on any atom is 0.181 e. The molecule has 0 saturated heterocycles. The fourth-order valence-electron chi connectivity index (χ4n) is 2.03.